The molecule has 2 N–H and O–H groups in total. The van der Waals surface area contributed by atoms with E-state index in [0.717, 1.165) is 0 Å². The van der Waals surface area contributed by atoms with E-state index in [4.69, 9.17) is 9.79 Å². The van der Waals surface area contributed by atoms with Gasteiger partial charge in [-0.25, -0.2) is 4.57 Å². The first-order valence-electron chi connectivity index (χ1n) is 1.50. The molecule has 0 atom stereocenters. The first-order valence-corrected chi connectivity index (χ1v) is 4.49. The molecule has 0 aliphatic rings. The average Bonchev–Trinajstić information content (AvgIpc) is 1.14. The van der Waals surface area contributed by atoms with Gasteiger partial charge >= 0.3 is 105 Å². The Morgan fingerprint density at radius 2 is 1.21 bits per heavy atom. The van der Waals surface area contributed by atoms with Gasteiger partial charge in [0.1, 0.15) is 0 Å². The first kappa shape index (κ1) is 36.1. The van der Waals surface area contributed by atoms with Crippen molar-refractivity contribution in [2.75, 3.05) is 0 Å². The molecule has 7 nitrogen and oxygen atoms in total. The van der Waals surface area contributed by atoms with Gasteiger partial charge in [0.15, 0.2) is 0 Å². The van der Waals surface area contributed by atoms with Crippen molar-refractivity contribution in [3.05, 3.63) is 0 Å². The third kappa shape index (κ3) is 36.0. The smallest absolute Gasteiger partial charge is 1.00 e. The maximum Gasteiger partial charge on any atom is 2.00 e. The first-order chi connectivity index (χ1) is 3.71. The molecule has 0 spiro atoms. The van der Waals surface area contributed by atoms with Gasteiger partial charge in [0.2, 0.25) is 0 Å². The Bertz CT molecular complexity index is 168. The molecule has 72 valence electrons. The second-order valence-corrected chi connectivity index (χ2v) is 3.55. The van der Waals surface area contributed by atoms with Gasteiger partial charge in [-0.2, -0.15) is 0 Å². The second-order valence-electron chi connectivity index (χ2n) is 1.02. The van der Waals surface area contributed by atoms with Crippen LogP contribution in [-0.4, -0.2) is 47.5 Å². The van der Waals surface area contributed by atoms with Crippen molar-refractivity contribution in [3.63, 3.8) is 0 Å². The van der Waals surface area contributed by atoms with Gasteiger partial charge < -0.3 is 49.0 Å². The molecule has 0 heterocycles. The molecule has 0 saturated carbocycles. The molecule has 0 aliphatic carbocycles. The van der Waals surface area contributed by atoms with Crippen LogP contribution in [0.4, 0.5) is 0 Å². The van der Waals surface area contributed by atoms with Crippen LogP contribution in [0, 0.1) is 0 Å². The van der Waals surface area contributed by atoms with Gasteiger partial charge in [0, 0.05) is 0 Å². The Kier molecular flexibility index (Phi) is 39.1. The van der Waals surface area contributed by atoms with Crippen molar-refractivity contribution in [1.82, 2.24) is 0 Å². The summed E-state index contributed by atoms with van der Waals surface area (Å²) in [4.78, 5) is 34.1. The zero-order valence-corrected chi connectivity index (χ0v) is 16.8. The molecule has 0 rings (SSSR count). The van der Waals surface area contributed by atoms with E-state index in [1.165, 1.54) is 0 Å². The summed E-state index contributed by atoms with van der Waals surface area (Å²) < 4.78 is 21.7. The maximum absolute atomic E-state index is 9.55. The van der Waals surface area contributed by atoms with Crippen molar-refractivity contribution >= 4 is 53.4 Å². The molecule has 0 aromatic rings. The Labute approximate surface area is 167 Å². The molecule has 14 heteroatoms. The van der Waals surface area contributed by atoms with Crippen molar-refractivity contribution in [2.45, 2.75) is 0 Å². The SMILES string of the molecule is O=P([O-])([O-])OP(=O)(O)O.[Ca+2].[Cl-].[Cl-].[Na+].[Na+]. The van der Waals surface area contributed by atoms with E-state index in [2.05, 4.69) is 4.31 Å². The van der Waals surface area contributed by atoms with E-state index in [-0.39, 0.29) is 122 Å². The van der Waals surface area contributed by atoms with Crippen LogP contribution in [0.25, 0.3) is 0 Å². The van der Waals surface area contributed by atoms with Crippen LogP contribution >= 0.6 is 15.6 Å². The number of hydrogen-bond acceptors (Lipinski definition) is 5. The second kappa shape index (κ2) is 15.2. The Hall–Kier alpha value is 4.10. The van der Waals surface area contributed by atoms with Gasteiger partial charge in [-0.05, 0) is 0 Å². The number of halogens is 2. The van der Waals surface area contributed by atoms with Gasteiger partial charge in [0.25, 0.3) is 0 Å². The van der Waals surface area contributed by atoms with Crippen LogP contribution < -0.4 is 93.7 Å². The fourth-order valence-electron chi connectivity index (χ4n) is 0.130. The largest absolute Gasteiger partial charge is 2.00 e. The number of rotatable bonds is 2. The minimum Gasteiger partial charge on any atom is -1.00 e. The van der Waals surface area contributed by atoms with Gasteiger partial charge in [-0.1, -0.05) is 0 Å². The van der Waals surface area contributed by atoms with Crippen LogP contribution in [0.1, 0.15) is 0 Å². The van der Waals surface area contributed by atoms with E-state index in [1.54, 1.807) is 0 Å². The van der Waals surface area contributed by atoms with Crippen LogP contribution in [0.5, 0.6) is 0 Å². The fraction of sp³-hybridized carbons (Fsp3) is 0. The van der Waals surface area contributed by atoms with E-state index in [1.807, 2.05) is 0 Å². The minimum atomic E-state index is -5.55. The van der Waals surface area contributed by atoms with Crippen molar-refractivity contribution in [3.8, 4) is 0 Å². The van der Waals surface area contributed by atoms with Crippen molar-refractivity contribution < 1.29 is 117 Å². The van der Waals surface area contributed by atoms with E-state index in [0.29, 0.717) is 0 Å². The van der Waals surface area contributed by atoms with Gasteiger partial charge in [0.05, 0.1) is 7.82 Å². The molecule has 0 unspecified atom stereocenters. The number of hydrogen-bond donors (Lipinski definition) is 2. The molecule has 0 radical (unpaired) electrons. The summed E-state index contributed by atoms with van der Waals surface area (Å²) in [6, 6.07) is 0. The minimum absolute atomic E-state index is 0. The molecule has 0 aromatic carbocycles. The molecule has 0 saturated heterocycles. The van der Waals surface area contributed by atoms with Crippen LogP contribution in [0.15, 0.2) is 0 Å². The molecule has 0 bridgehead atoms. The Morgan fingerprint density at radius 1 is 1.00 bits per heavy atom. The molecule has 14 heavy (non-hydrogen) atoms. The molecular formula is H2CaCl2Na2O7P2. The normalized spacial score (nSPS) is 8.86. The maximum atomic E-state index is 9.55. The number of phosphoric acid groups is 2. The molecule has 0 aromatic heterocycles. The predicted octanol–water partition coefficient (Wildman–Crippen LogP) is -14.4. The average molecular weight is 333 g/mol. The van der Waals surface area contributed by atoms with Crippen LogP contribution in [-0.2, 0) is 13.4 Å². The van der Waals surface area contributed by atoms with Crippen LogP contribution in [0.2, 0.25) is 0 Å². The zero-order valence-electron chi connectivity index (χ0n) is 7.29. The Morgan fingerprint density at radius 3 is 1.21 bits per heavy atom. The summed E-state index contributed by atoms with van der Waals surface area (Å²) in [5.74, 6) is 0. The molecule has 0 amide bonds. The molecule has 0 fully saturated rings. The monoisotopic (exact) mass is 332 g/mol. The summed E-state index contributed by atoms with van der Waals surface area (Å²) in [5.41, 5.74) is 0. The predicted molar refractivity (Wildman–Crippen MR) is 26.5 cm³/mol. The summed E-state index contributed by atoms with van der Waals surface area (Å²) in [6.45, 7) is 0. The van der Waals surface area contributed by atoms with E-state index < -0.39 is 15.6 Å². The summed E-state index contributed by atoms with van der Waals surface area (Å²) in [6.07, 6.45) is 0. The fourth-order valence-corrected chi connectivity index (χ4v) is 1.17. The van der Waals surface area contributed by atoms with Gasteiger partial charge in [-0.3, -0.25) is 4.31 Å². The summed E-state index contributed by atoms with van der Waals surface area (Å²) >= 11 is 0. The third-order valence-electron chi connectivity index (χ3n) is 0.206. The van der Waals surface area contributed by atoms with E-state index in [9.17, 15) is 18.9 Å². The van der Waals surface area contributed by atoms with Crippen molar-refractivity contribution in [1.29, 1.82) is 0 Å². The van der Waals surface area contributed by atoms with Crippen molar-refractivity contribution in [2.24, 2.45) is 0 Å². The summed E-state index contributed by atoms with van der Waals surface area (Å²) in [7, 11) is -10.7. The molecule has 0 aliphatic heterocycles. The Balaban J connectivity index is -0.0000000320. The van der Waals surface area contributed by atoms with E-state index >= 15 is 0 Å². The topological polar surface area (TPSA) is 130 Å². The standard InChI is InChI=1S/Ca.2ClH.2Na.H4O7P2/c;;;;;1-8(2,3)7-9(4,5)6/h;2*1H;;;(H2,1,2,3)(H2,4,5,6)/q+2;;;2*+1;/p-4. The quantitative estimate of drug-likeness (QED) is 0.379. The zero-order chi connectivity index (χ0) is 7.71. The van der Waals surface area contributed by atoms with Crippen LogP contribution in [0.3, 0.4) is 0 Å². The molecular weight excluding hydrogens is 331 g/mol. The third-order valence-corrected chi connectivity index (χ3v) is 1.86. The van der Waals surface area contributed by atoms with Gasteiger partial charge in [-0.15, -0.1) is 0 Å². The summed E-state index contributed by atoms with van der Waals surface area (Å²) in [5, 5.41) is 0.